The predicted molar refractivity (Wildman–Crippen MR) is 104 cm³/mol. The second kappa shape index (κ2) is 9.89. The van der Waals surface area contributed by atoms with E-state index in [1.165, 1.54) is 6.42 Å². The second-order valence-electron chi connectivity index (χ2n) is 8.65. The van der Waals surface area contributed by atoms with Crippen LogP contribution in [-0.2, 0) is 9.53 Å². The average Bonchev–Trinajstić information content (AvgIpc) is 2.95. The molecule has 3 rings (SSSR count). The van der Waals surface area contributed by atoms with Crippen LogP contribution < -0.4 is 10.6 Å². The van der Waals surface area contributed by atoms with E-state index in [2.05, 4.69) is 17.6 Å². The third kappa shape index (κ3) is 5.58. The number of amides is 3. The molecule has 1 saturated carbocycles. The van der Waals surface area contributed by atoms with Crippen LogP contribution in [0.2, 0.25) is 0 Å². The molecular formula is C20H35N3O5. The van der Waals surface area contributed by atoms with E-state index in [4.69, 9.17) is 4.74 Å². The highest BCUT2D eigenvalue weighted by Crippen LogP contribution is 2.25. The summed E-state index contributed by atoms with van der Waals surface area (Å²) in [6.07, 6.45) is 3.81. The lowest BCUT2D eigenvalue weighted by Crippen LogP contribution is -2.47. The molecule has 3 amide bonds. The fraction of sp³-hybridized carbons (Fsp3) is 0.900. The molecule has 2 aliphatic heterocycles. The Balaban J connectivity index is 1.41. The molecule has 0 aromatic heterocycles. The molecule has 2 saturated heterocycles. The summed E-state index contributed by atoms with van der Waals surface area (Å²) < 4.78 is 5.72. The molecule has 4 atom stereocenters. The Hall–Kier alpha value is -1.38. The molecule has 0 radical (unpaired) electrons. The van der Waals surface area contributed by atoms with E-state index in [1.807, 2.05) is 4.90 Å². The maximum atomic E-state index is 12.5. The zero-order valence-electron chi connectivity index (χ0n) is 16.8. The fourth-order valence-corrected chi connectivity index (χ4v) is 4.40. The summed E-state index contributed by atoms with van der Waals surface area (Å²) in [5, 5.41) is 26.2. The van der Waals surface area contributed by atoms with Crippen LogP contribution >= 0.6 is 0 Å². The monoisotopic (exact) mass is 397 g/mol. The Labute approximate surface area is 167 Å². The molecule has 0 aromatic carbocycles. The Kier molecular flexibility index (Phi) is 7.54. The number of aliphatic hydroxyl groups is 2. The lowest BCUT2D eigenvalue weighted by atomic mass is 9.96. The molecular weight excluding hydrogens is 362 g/mol. The molecule has 28 heavy (non-hydrogen) atoms. The summed E-state index contributed by atoms with van der Waals surface area (Å²) in [7, 11) is 0. The Bertz CT molecular complexity index is 532. The standard InChI is InChI=1S/C20H35N3O5/c1-13-7-9-23(10-8-13)17(24)11-15-18(25)19(26)16(28-15)12-21-20(27)22-14-5-3-2-4-6-14/h13-16,18-19,25-26H,2-12H2,1H3,(H2,21,22,27). The normalized spacial score (nSPS) is 32.3. The van der Waals surface area contributed by atoms with E-state index in [0.29, 0.717) is 5.92 Å². The van der Waals surface area contributed by atoms with Crippen molar-refractivity contribution in [2.45, 2.75) is 88.7 Å². The second-order valence-corrected chi connectivity index (χ2v) is 8.65. The number of hydrogen-bond acceptors (Lipinski definition) is 5. The van der Waals surface area contributed by atoms with Gasteiger partial charge in [0.15, 0.2) is 0 Å². The van der Waals surface area contributed by atoms with Crippen molar-refractivity contribution >= 4 is 11.9 Å². The van der Waals surface area contributed by atoms with Gasteiger partial charge in [0.05, 0.1) is 12.5 Å². The van der Waals surface area contributed by atoms with Gasteiger partial charge in [0, 0.05) is 25.7 Å². The molecule has 8 nitrogen and oxygen atoms in total. The minimum absolute atomic E-state index is 0.0493. The number of likely N-dealkylation sites (tertiary alicyclic amines) is 1. The van der Waals surface area contributed by atoms with Gasteiger partial charge in [-0.25, -0.2) is 4.79 Å². The summed E-state index contributed by atoms with van der Waals surface area (Å²) in [6.45, 7) is 3.75. The zero-order valence-corrected chi connectivity index (χ0v) is 16.8. The SMILES string of the molecule is CC1CCN(C(=O)CC2OC(CNC(=O)NC3CCCCC3)C(O)C2O)CC1. The number of carbonyl (C=O) groups is 2. The minimum atomic E-state index is -1.12. The first-order valence-corrected chi connectivity index (χ1v) is 10.8. The number of rotatable bonds is 5. The van der Waals surface area contributed by atoms with Crippen LogP contribution in [0.25, 0.3) is 0 Å². The largest absolute Gasteiger partial charge is 0.388 e. The number of carbonyl (C=O) groups excluding carboxylic acids is 2. The van der Waals surface area contributed by atoms with Crippen LogP contribution in [-0.4, -0.2) is 77.1 Å². The number of nitrogens with zero attached hydrogens (tertiary/aromatic N) is 1. The first-order valence-electron chi connectivity index (χ1n) is 10.8. The van der Waals surface area contributed by atoms with Crippen molar-refractivity contribution < 1.29 is 24.5 Å². The number of urea groups is 1. The third-order valence-electron chi connectivity index (χ3n) is 6.38. The lowest BCUT2D eigenvalue weighted by Gasteiger charge is -2.31. The van der Waals surface area contributed by atoms with Gasteiger partial charge < -0.3 is 30.5 Å². The van der Waals surface area contributed by atoms with Gasteiger partial charge >= 0.3 is 6.03 Å². The third-order valence-corrected chi connectivity index (χ3v) is 6.38. The summed E-state index contributed by atoms with van der Waals surface area (Å²) in [5.74, 6) is 0.584. The molecule has 3 aliphatic rings. The van der Waals surface area contributed by atoms with Crippen LogP contribution in [0.5, 0.6) is 0 Å². The molecule has 2 heterocycles. The van der Waals surface area contributed by atoms with E-state index < -0.39 is 24.4 Å². The van der Waals surface area contributed by atoms with Crippen LogP contribution in [0.15, 0.2) is 0 Å². The molecule has 0 spiro atoms. The molecule has 4 unspecified atom stereocenters. The van der Waals surface area contributed by atoms with Gasteiger partial charge in [-0.3, -0.25) is 4.79 Å². The van der Waals surface area contributed by atoms with Crippen LogP contribution in [0.3, 0.4) is 0 Å². The highest BCUT2D eigenvalue weighted by molar-refractivity contribution is 5.77. The van der Waals surface area contributed by atoms with Gasteiger partial charge in [-0.15, -0.1) is 0 Å². The van der Waals surface area contributed by atoms with Crippen molar-refractivity contribution in [2.24, 2.45) is 5.92 Å². The molecule has 1 aliphatic carbocycles. The topological polar surface area (TPSA) is 111 Å². The fourth-order valence-electron chi connectivity index (χ4n) is 4.40. The van der Waals surface area contributed by atoms with Crippen LogP contribution in [0.4, 0.5) is 4.79 Å². The molecule has 160 valence electrons. The summed E-state index contributed by atoms with van der Waals surface area (Å²) in [5.41, 5.74) is 0. The average molecular weight is 398 g/mol. The van der Waals surface area contributed by atoms with Gasteiger partial charge in [0.1, 0.15) is 18.3 Å². The molecule has 3 fully saturated rings. The number of hydrogen-bond donors (Lipinski definition) is 4. The molecule has 0 aromatic rings. The van der Waals surface area contributed by atoms with Crippen molar-refractivity contribution in [2.75, 3.05) is 19.6 Å². The van der Waals surface area contributed by atoms with Gasteiger partial charge in [0.25, 0.3) is 0 Å². The Morgan fingerprint density at radius 1 is 1.00 bits per heavy atom. The van der Waals surface area contributed by atoms with Gasteiger partial charge in [0.2, 0.25) is 5.91 Å². The molecule has 0 bridgehead atoms. The maximum Gasteiger partial charge on any atom is 0.315 e. The van der Waals surface area contributed by atoms with Gasteiger partial charge in [-0.2, -0.15) is 0 Å². The van der Waals surface area contributed by atoms with Crippen LogP contribution in [0, 0.1) is 5.92 Å². The van der Waals surface area contributed by atoms with Crippen molar-refractivity contribution in [3.8, 4) is 0 Å². The first kappa shape index (κ1) is 21.3. The lowest BCUT2D eigenvalue weighted by molar-refractivity contribution is -0.136. The summed E-state index contributed by atoms with van der Waals surface area (Å²) in [6, 6.07) is -0.0782. The zero-order chi connectivity index (χ0) is 20.1. The predicted octanol–water partition coefficient (Wildman–Crippen LogP) is 0.756. The number of piperidine rings is 1. The highest BCUT2D eigenvalue weighted by atomic mass is 16.5. The summed E-state index contributed by atoms with van der Waals surface area (Å²) in [4.78, 5) is 26.4. The van der Waals surface area contributed by atoms with E-state index in [-0.39, 0.29) is 30.9 Å². The number of nitrogens with one attached hydrogen (secondary N) is 2. The van der Waals surface area contributed by atoms with E-state index >= 15 is 0 Å². The number of ether oxygens (including phenoxy) is 1. The summed E-state index contributed by atoms with van der Waals surface area (Å²) >= 11 is 0. The first-order chi connectivity index (χ1) is 13.4. The molecule has 8 heteroatoms. The van der Waals surface area contributed by atoms with Gasteiger partial charge in [-0.1, -0.05) is 26.2 Å². The van der Waals surface area contributed by atoms with E-state index in [9.17, 15) is 19.8 Å². The van der Waals surface area contributed by atoms with Crippen molar-refractivity contribution in [1.82, 2.24) is 15.5 Å². The quantitative estimate of drug-likeness (QED) is 0.547. The van der Waals surface area contributed by atoms with Crippen molar-refractivity contribution in [3.05, 3.63) is 0 Å². The Morgan fingerprint density at radius 2 is 1.64 bits per heavy atom. The van der Waals surface area contributed by atoms with Crippen molar-refractivity contribution in [3.63, 3.8) is 0 Å². The number of aliphatic hydroxyl groups excluding tert-OH is 2. The minimum Gasteiger partial charge on any atom is -0.388 e. The van der Waals surface area contributed by atoms with Crippen molar-refractivity contribution in [1.29, 1.82) is 0 Å². The molecule has 4 N–H and O–H groups in total. The smallest absolute Gasteiger partial charge is 0.315 e. The van der Waals surface area contributed by atoms with Crippen LogP contribution in [0.1, 0.15) is 58.3 Å². The maximum absolute atomic E-state index is 12.5. The van der Waals surface area contributed by atoms with E-state index in [1.54, 1.807) is 0 Å². The van der Waals surface area contributed by atoms with Gasteiger partial charge in [-0.05, 0) is 31.6 Å². The highest BCUT2D eigenvalue weighted by Gasteiger charge is 2.44. The Morgan fingerprint density at radius 3 is 2.32 bits per heavy atom. The van der Waals surface area contributed by atoms with E-state index in [0.717, 1.165) is 51.6 Å².